The largest absolute Gasteiger partial charge is 0.374 e. The van der Waals surface area contributed by atoms with Crippen LogP contribution in [0.25, 0.3) is 0 Å². The minimum absolute atomic E-state index is 0.105. The Morgan fingerprint density at radius 3 is 2.89 bits per heavy atom. The van der Waals surface area contributed by atoms with Gasteiger partial charge in [0, 0.05) is 6.42 Å². The Labute approximate surface area is 107 Å². The summed E-state index contributed by atoms with van der Waals surface area (Å²) in [5, 5.41) is 0. The molecule has 3 heteroatoms. The van der Waals surface area contributed by atoms with Crippen LogP contribution < -0.4 is 0 Å². The van der Waals surface area contributed by atoms with Gasteiger partial charge in [-0.1, -0.05) is 36.4 Å². The molecule has 1 saturated heterocycles. The van der Waals surface area contributed by atoms with Gasteiger partial charge in [-0.05, 0) is 12.0 Å². The molecule has 2 atom stereocenters. The fraction of sp³-hybridized carbons (Fsp3) is 0.400. The third-order valence-corrected chi connectivity index (χ3v) is 2.94. The second-order valence-electron chi connectivity index (χ2n) is 4.44. The van der Waals surface area contributed by atoms with E-state index in [1.165, 1.54) is 0 Å². The molecule has 0 bridgehead atoms. The summed E-state index contributed by atoms with van der Waals surface area (Å²) in [5.74, 6) is 0.156. The van der Waals surface area contributed by atoms with Crippen molar-refractivity contribution >= 4 is 5.78 Å². The Kier molecular flexibility index (Phi) is 4.67. The van der Waals surface area contributed by atoms with Crippen LogP contribution in [0.4, 0.5) is 0 Å². The lowest BCUT2D eigenvalue weighted by atomic mass is 10.1. The van der Waals surface area contributed by atoms with E-state index >= 15 is 0 Å². The molecule has 2 unspecified atom stereocenters. The van der Waals surface area contributed by atoms with Crippen molar-refractivity contribution in [2.75, 3.05) is 6.61 Å². The van der Waals surface area contributed by atoms with Gasteiger partial charge in [-0.3, -0.25) is 4.79 Å². The highest BCUT2D eigenvalue weighted by atomic mass is 16.5. The number of rotatable bonds is 6. The molecule has 0 amide bonds. The van der Waals surface area contributed by atoms with E-state index in [1.807, 2.05) is 30.3 Å². The Morgan fingerprint density at radius 1 is 1.39 bits per heavy atom. The fourth-order valence-electron chi connectivity index (χ4n) is 2.03. The number of ketones is 1. The van der Waals surface area contributed by atoms with Crippen LogP contribution in [0.3, 0.4) is 0 Å². The molecule has 96 valence electrons. The van der Waals surface area contributed by atoms with Crippen LogP contribution in [-0.2, 0) is 20.9 Å². The lowest BCUT2D eigenvalue weighted by molar-refractivity contribution is -0.122. The molecule has 1 heterocycles. The van der Waals surface area contributed by atoms with Crippen LogP contribution in [-0.4, -0.2) is 24.6 Å². The maximum atomic E-state index is 11.6. The zero-order valence-corrected chi connectivity index (χ0v) is 10.4. The highest BCUT2D eigenvalue weighted by Gasteiger charge is 2.32. The van der Waals surface area contributed by atoms with Gasteiger partial charge in [0.05, 0.1) is 19.3 Å². The molecule has 0 N–H and O–H groups in total. The minimum atomic E-state index is -0.312. The summed E-state index contributed by atoms with van der Waals surface area (Å²) >= 11 is 0. The molecule has 1 aliphatic heterocycles. The van der Waals surface area contributed by atoms with E-state index in [2.05, 4.69) is 6.58 Å². The lowest BCUT2D eigenvalue weighted by Crippen LogP contribution is -2.17. The third kappa shape index (κ3) is 3.52. The van der Waals surface area contributed by atoms with Gasteiger partial charge in [0.25, 0.3) is 0 Å². The number of Topliss-reactive ketones (excluding diaryl/α,β-unsaturated/α-hetero) is 1. The van der Waals surface area contributed by atoms with Gasteiger partial charge in [0.2, 0.25) is 0 Å². The number of ether oxygens (including phenoxy) is 2. The second kappa shape index (κ2) is 6.47. The number of carbonyl (C=O) groups is 1. The molecule has 0 spiro atoms. The van der Waals surface area contributed by atoms with E-state index in [1.54, 1.807) is 6.08 Å². The van der Waals surface area contributed by atoms with Crippen molar-refractivity contribution in [1.29, 1.82) is 0 Å². The number of hydrogen-bond donors (Lipinski definition) is 0. The van der Waals surface area contributed by atoms with Crippen LogP contribution in [0.2, 0.25) is 0 Å². The Balaban J connectivity index is 1.72. The van der Waals surface area contributed by atoms with Gasteiger partial charge >= 0.3 is 0 Å². The smallest absolute Gasteiger partial charge is 0.164 e. The van der Waals surface area contributed by atoms with Crippen LogP contribution in [0, 0.1) is 0 Å². The molecule has 1 fully saturated rings. The average molecular weight is 246 g/mol. The molecule has 1 aromatic carbocycles. The Hall–Kier alpha value is -1.45. The predicted octanol–water partition coefficient (Wildman–Crippen LogP) is 2.51. The van der Waals surface area contributed by atoms with E-state index in [9.17, 15) is 4.79 Å². The maximum Gasteiger partial charge on any atom is 0.164 e. The van der Waals surface area contributed by atoms with Crippen LogP contribution in [0.1, 0.15) is 18.4 Å². The standard InChI is InChI=1S/C15H18O3/c1-2-6-15-14(16)9-13(18-15)11-17-10-12-7-4-3-5-8-12/h2-5,7-8,13,15H,1,6,9-11H2. The van der Waals surface area contributed by atoms with Crippen molar-refractivity contribution in [3.8, 4) is 0 Å². The number of benzene rings is 1. The van der Waals surface area contributed by atoms with E-state index in [0.717, 1.165) is 5.56 Å². The SMILES string of the molecule is C=CCC1OC(COCc2ccccc2)CC1=O. The summed E-state index contributed by atoms with van der Waals surface area (Å²) < 4.78 is 11.2. The minimum Gasteiger partial charge on any atom is -0.374 e. The fourth-order valence-corrected chi connectivity index (χ4v) is 2.03. The first-order valence-electron chi connectivity index (χ1n) is 6.20. The monoisotopic (exact) mass is 246 g/mol. The molecular formula is C15H18O3. The number of hydrogen-bond acceptors (Lipinski definition) is 3. The summed E-state index contributed by atoms with van der Waals surface area (Å²) in [6.45, 7) is 4.65. The highest BCUT2D eigenvalue weighted by molar-refractivity contribution is 5.85. The zero-order valence-electron chi connectivity index (χ0n) is 10.4. The van der Waals surface area contributed by atoms with E-state index in [4.69, 9.17) is 9.47 Å². The van der Waals surface area contributed by atoms with Crippen LogP contribution in [0.15, 0.2) is 43.0 Å². The van der Waals surface area contributed by atoms with Crippen molar-refractivity contribution in [1.82, 2.24) is 0 Å². The molecule has 0 saturated carbocycles. The van der Waals surface area contributed by atoms with Gasteiger partial charge in [0.15, 0.2) is 5.78 Å². The summed E-state index contributed by atoms with van der Waals surface area (Å²) in [6, 6.07) is 9.97. The van der Waals surface area contributed by atoms with Crippen LogP contribution in [0.5, 0.6) is 0 Å². The van der Waals surface area contributed by atoms with Gasteiger partial charge < -0.3 is 9.47 Å². The van der Waals surface area contributed by atoms with Crippen molar-refractivity contribution in [2.24, 2.45) is 0 Å². The van der Waals surface area contributed by atoms with Gasteiger partial charge in [0.1, 0.15) is 6.10 Å². The molecule has 0 radical (unpaired) electrons. The zero-order chi connectivity index (χ0) is 12.8. The molecular weight excluding hydrogens is 228 g/mol. The molecule has 1 aromatic rings. The van der Waals surface area contributed by atoms with Gasteiger partial charge in [-0.15, -0.1) is 6.58 Å². The van der Waals surface area contributed by atoms with Crippen molar-refractivity contribution < 1.29 is 14.3 Å². The quantitative estimate of drug-likeness (QED) is 0.723. The van der Waals surface area contributed by atoms with Crippen molar-refractivity contribution in [3.05, 3.63) is 48.6 Å². The Morgan fingerprint density at radius 2 is 2.17 bits per heavy atom. The first-order valence-corrected chi connectivity index (χ1v) is 6.20. The van der Waals surface area contributed by atoms with Crippen molar-refractivity contribution in [2.45, 2.75) is 31.7 Å². The van der Waals surface area contributed by atoms with Crippen LogP contribution >= 0.6 is 0 Å². The third-order valence-electron chi connectivity index (χ3n) is 2.94. The molecule has 0 aromatic heterocycles. The second-order valence-corrected chi connectivity index (χ2v) is 4.44. The topological polar surface area (TPSA) is 35.5 Å². The van der Waals surface area contributed by atoms with E-state index < -0.39 is 0 Å². The first-order chi connectivity index (χ1) is 8.79. The number of carbonyl (C=O) groups excluding carboxylic acids is 1. The summed E-state index contributed by atoms with van der Waals surface area (Å²) in [6.07, 6.45) is 2.34. The molecule has 2 rings (SSSR count). The summed E-state index contributed by atoms with van der Waals surface area (Å²) in [7, 11) is 0. The first kappa shape index (κ1) is 13.0. The lowest BCUT2D eigenvalue weighted by Gasteiger charge is -2.11. The van der Waals surface area contributed by atoms with Gasteiger partial charge in [-0.25, -0.2) is 0 Å². The van der Waals surface area contributed by atoms with E-state index in [0.29, 0.717) is 26.1 Å². The van der Waals surface area contributed by atoms with Gasteiger partial charge in [-0.2, -0.15) is 0 Å². The maximum absolute atomic E-state index is 11.6. The van der Waals surface area contributed by atoms with E-state index in [-0.39, 0.29) is 18.0 Å². The molecule has 18 heavy (non-hydrogen) atoms. The summed E-state index contributed by atoms with van der Waals surface area (Å²) in [4.78, 5) is 11.6. The molecule has 0 aliphatic carbocycles. The molecule has 1 aliphatic rings. The Bertz CT molecular complexity index is 399. The summed E-state index contributed by atoms with van der Waals surface area (Å²) in [5.41, 5.74) is 1.13. The van der Waals surface area contributed by atoms with Crippen molar-refractivity contribution in [3.63, 3.8) is 0 Å². The average Bonchev–Trinajstić information content (AvgIpc) is 2.72. The predicted molar refractivity (Wildman–Crippen MR) is 69.2 cm³/mol. The normalized spacial score (nSPS) is 23.2. The highest BCUT2D eigenvalue weighted by Crippen LogP contribution is 2.19. The molecule has 3 nitrogen and oxygen atoms in total.